The highest BCUT2D eigenvalue weighted by atomic mass is 35.5. The first-order valence-electron chi connectivity index (χ1n) is 13.9. The van der Waals surface area contributed by atoms with E-state index in [0.717, 1.165) is 66.3 Å². The molecule has 5 nitrogen and oxygen atoms in total. The number of aromatic nitrogens is 3. The van der Waals surface area contributed by atoms with Gasteiger partial charge in [0.2, 0.25) is 0 Å². The van der Waals surface area contributed by atoms with Crippen LogP contribution in [0.5, 0.6) is 0 Å². The smallest absolute Gasteiger partial charge is 0.147 e. The van der Waals surface area contributed by atoms with Gasteiger partial charge < -0.3 is 9.42 Å². The Morgan fingerprint density at radius 2 is 1.74 bits per heavy atom. The summed E-state index contributed by atoms with van der Waals surface area (Å²) in [6.07, 6.45) is 11.8. The molecule has 196 valence electrons. The van der Waals surface area contributed by atoms with Crippen molar-refractivity contribution in [3.05, 3.63) is 76.3 Å². The van der Waals surface area contributed by atoms with E-state index in [2.05, 4.69) is 58.4 Å². The van der Waals surface area contributed by atoms with Crippen LogP contribution in [-0.4, -0.2) is 28.2 Å². The van der Waals surface area contributed by atoms with E-state index in [1.807, 2.05) is 27.0 Å². The van der Waals surface area contributed by atoms with Crippen LogP contribution in [0.1, 0.15) is 74.3 Å². The van der Waals surface area contributed by atoms with Gasteiger partial charge in [0.05, 0.1) is 10.5 Å². The number of pyridine rings is 2. The van der Waals surface area contributed by atoms with E-state index < -0.39 is 0 Å². The highest BCUT2D eigenvalue weighted by molar-refractivity contribution is 6.33. The van der Waals surface area contributed by atoms with E-state index in [9.17, 15) is 0 Å². The van der Waals surface area contributed by atoms with Gasteiger partial charge >= 0.3 is 0 Å². The maximum Gasteiger partial charge on any atom is 0.147 e. The van der Waals surface area contributed by atoms with Crippen LogP contribution in [0.3, 0.4) is 0 Å². The van der Waals surface area contributed by atoms with Crippen LogP contribution in [0.15, 0.2) is 53.3 Å². The SMILES string of the molecule is CC.Cc1cncc(Cl)c1-c1noc(C2CC2)c1C1=CC2(CCN(c3ccc4c(C)cccc4n3)CC2)C1. The molecule has 4 aromatic rings. The van der Waals surface area contributed by atoms with E-state index in [4.69, 9.17) is 21.1 Å². The van der Waals surface area contributed by atoms with Gasteiger partial charge in [-0.3, -0.25) is 4.98 Å². The van der Waals surface area contributed by atoms with Crippen molar-refractivity contribution in [1.82, 2.24) is 15.1 Å². The van der Waals surface area contributed by atoms with Gasteiger partial charge in [0.1, 0.15) is 17.3 Å². The number of aryl methyl sites for hydroxylation is 2. The Balaban J connectivity index is 0.00000129. The fourth-order valence-corrected chi connectivity index (χ4v) is 6.39. The van der Waals surface area contributed by atoms with Crippen molar-refractivity contribution in [1.29, 1.82) is 0 Å². The molecular weight excluding hydrogens is 492 g/mol. The molecule has 0 unspecified atom stereocenters. The molecule has 0 atom stereocenters. The van der Waals surface area contributed by atoms with Crippen LogP contribution >= 0.6 is 11.6 Å². The molecular formula is C32H35ClN4O. The van der Waals surface area contributed by atoms with Crippen molar-refractivity contribution in [3.63, 3.8) is 0 Å². The van der Waals surface area contributed by atoms with Crippen molar-refractivity contribution in [2.45, 2.75) is 65.7 Å². The maximum absolute atomic E-state index is 6.59. The standard InChI is InChI=1S/C30H29ClN4O.C2H6/c1-18-4-3-5-24-22(18)8-9-25(33-24)35-12-10-30(11-13-35)14-21(15-30)27-28(34-36-29(27)20-6-7-20)26-19(2)16-32-17-23(26)31;1-2/h3-5,8-9,14,16-17,20H,6-7,10-13,15H2,1-2H3;1-2H3. The zero-order chi connectivity index (χ0) is 26.4. The lowest BCUT2D eigenvalue weighted by atomic mass is 9.63. The van der Waals surface area contributed by atoms with E-state index in [1.165, 1.54) is 34.9 Å². The Bertz CT molecular complexity index is 1510. The predicted molar refractivity (Wildman–Crippen MR) is 156 cm³/mol. The van der Waals surface area contributed by atoms with Gasteiger partial charge in [-0.25, -0.2) is 4.98 Å². The average molecular weight is 527 g/mol. The van der Waals surface area contributed by atoms with Crippen LogP contribution in [0.2, 0.25) is 5.02 Å². The van der Waals surface area contributed by atoms with E-state index in [0.29, 0.717) is 10.9 Å². The number of nitrogens with zero attached hydrogens (tertiary/aromatic N) is 4. The second kappa shape index (κ2) is 9.85. The lowest BCUT2D eigenvalue weighted by Crippen LogP contribution is -2.42. The fraction of sp³-hybridized carbons (Fsp3) is 0.406. The van der Waals surface area contributed by atoms with Crippen LogP contribution < -0.4 is 4.90 Å². The zero-order valence-corrected chi connectivity index (χ0v) is 23.5. The molecule has 1 aliphatic heterocycles. The Kier molecular flexibility index (Phi) is 6.51. The summed E-state index contributed by atoms with van der Waals surface area (Å²) in [5.74, 6) is 2.63. The molecule has 0 bridgehead atoms. The molecule has 0 radical (unpaired) electrons. The monoisotopic (exact) mass is 526 g/mol. The normalized spacial score (nSPS) is 18.1. The van der Waals surface area contributed by atoms with Crippen molar-refractivity contribution in [3.8, 4) is 11.3 Å². The van der Waals surface area contributed by atoms with Crippen molar-refractivity contribution in [2.75, 3.05) is 18.0 Å². The third-order valence-electron chi connectivity index (χ3n) is 8.36. The van der Waals surface area contributed by atoms with E-state index in [-0.39, 0.29) is 5.41 Å². The van der Waals surface area contributed by atoms with E-state index in [1.54, 1.807) is 6.20 Å². The van der Waals surface area contributed by atoms with Gasteiger partial charge in [0, 0.05) is 47.9 Å². The first-order valence-corrected chi connectivity index (χ1v) is 14.3. The molecule has 38 heavy (non-hydrogen) atoms. The number of piperidine rings is 1. The molecule has 1 saturated carbocycles. The van der Waals surface area contributed by atoms with Gasteiger partial charge in [-0.1, -0.05) is 48.8 Å². The molecule has 0 amide bonds. The van der Waals surface area contributed by atoms with Crippen LogP contribution in [-0.2, 0) is 0 Å². The maximum atomic E-state index is 6.59. The molecule has 7 rings (SSSR count). The number of rotatable bonds is 4. The number of hydrogen-bond donors (Lipinski definition) is 0. The van der Waals surface area contributed by atoms with Crippen LogP contribution in [0.25, 0.3) is 27.7 Å². The molecule has 2 aliphatic carbocycles. The Hall–Kier alpha value is -3.18. The summed E-state index contributed by atoms with van der Waals surface area (Å²) in [7, 11) is 0. The largest absolute Gasteiger partial charge is 0.360 e. The lowest BCUT2D eigenvalue weighted by Gasteiger charge is -2.46. The summed E-state index contributed by atoms with van der Waals surface area (Å²) < 4.78 is 5.95. The third-order valence-corrected chi connectivity index (χ3v) is 8.64. The highest BCUT2D eigenvalue weighted by Crippen LogP contribution is 2.56. The summed E-state index contributed by atoms with van der Waals surface area (Å²) in [6.45, 7) is 10.2. The minimum atomic E-state index is 0.256. The lowest BCUT2D eigenvalue weighted by molar-refractivity contribution is 0.277. The van der Waals surface area contributed by atoms with Crippen LogP contribution in [0.4, 0.5) is 5.82 Å². The summed E-state index contributed by atoms with van der Waals surface area (Å²) in [5.41, 5.74) is 8.03. The molecule has 6 heteroatoms. The second-order valence-corrected chi connectivity index (χ2v) is 11.3. The Morgan fingerprint density at radius 1 is 0.974 bits per heavy atom. The van der Waals surface area contributed by atoms with Crippen molar-refractivity contribution in [2.24, 2.45) is 5.41 Å². The molecule has 4 heterocycles. The van der Waals surface area contributed by atoms with Gasteiger partial charge in [-0.15, -0.1) is 0 Å². The minimum absolute atomic E-state index is 0.256. The van der Waals surface area contributed by atoms with Gasteiger partial charge in [-0.2, -0.15) is 0 Å². The Labute approximate surface area is 229 Å². The number of benzene rings is 1. The number of allylic oxidation sites excluding steroid dienone is 2. The quantitative estimate of drug-likeness (QED) is 0.266. The number of anilines is 1. The molecule has 1 spiro atoms. The topological polar surface area (TPSA) is 55.1 Å². The summed E-state index contributed by atoms with van der Waals surface area (Å²) in [6, 6.07) is 10.8. The fourth-order valence-electron chi connectivity index (χ4n) is 6.10. The summed E-state index contributed by atoms with van der Waals surface area (Å²) in [5, 5.41) is 6.41. The molecule has 1 saturated heterocycles. The molecule has 1 aromatic carbocycles. The summed E-state index contributed by atoms with van der Waals surface area (Å²) in [4.78, 5) is 11.7. The van der Waals surface area contributed by atoms with Crippen molar-refractivity contribution >= 4 is 33.9 Å². The second-order valence-electron chi connectivity index (χ2n) is 10.9. The zero-order valence-electron chi connectivity index (χ0n) is 22.7. The molecule has 3 aliphatic rings. The molecule has 3 aromatic heterocycles. The Morgan fingerprint density at radius 3 is 2.45 bits per heavy atom. The minimum Gasteiger partial charge on any atom is -0.360 e. The third kappa shape index (κ3) is 4.31. The molecule has 0 N–H and O–H groups in total. The van der Waals surface area contributed by atoms with Crippen LogP contribution in [0, 0.1) is 19.3 Å². The van der Waals surface area contributed by atoms with Gasteiger partial charge in [0.25, 0.3) is 0 Å². The molecule has 2 fully saturated rings. The first kappa shape index (κ1) is 25.1. The number of fused-ring (bicyclic) bond motifs is 1. The van der Waals surface area contributed by atoms with Gasteiger partial charge in [-0.05, 0) is 86.3 Å². The highest BCUT2D eigenvalue weighted by Gasteiger charge is 2.44. The van der Waals surface area contributed by atoms with Gasteiger partial charge in [0.15, 0.2) is 0 Å². The number of hydrogen-bond acceptors (Lipinski definition) is 5. The van der Waals surface area contributed by atoms with E-state index >= 15 is 0 Å². The first-order chi connectivity index (χ1) is 18.5. The summed E-state index contributed by atoms with van der Waals surface area (Å²) >= 11 is 6.59. The number of halogens is 1. The predicted octanol–water partition coefficient (Wildman–Crippen LogP) is 8.53. The average Bonchev–Trinajstić information content (AvgIpc) is 3.68. The van der Waals surface area contributed by atoms with Crippen molar-refractivity contribution < 1.29 is 4.52 Å².